The Labute approximate surface area is 86.9 Å². The lowest BCUT2D eigenvalue weighted by Gasteiger charge is -2.20. The van der Waals surface area contributed by atoms with Gasteiger partial charge < -0.3 is 0 Å². The molecule has 0 bridgehead atoms. The Morgan fingerprint density at radius 2 is 2.21 bits per heavy atom. The monoisotopic (exact) mass is 212 g/mol. The Balaban J connectivity index is 2.14. The van der Waals surface area contributed by atoms with Crippen LogP contribution in [0.2, 0.25) is 5.15 Å². The van der Waals surface area contributed by atoms with Gasteiger partial charge in [0.05, 0.1) is 6.54 Å². The third-order valence-electron chi connectivity index (χ3n) is 2.34. The first-order valence-electron chi connectivity index (χ1n) is 4.62. The minimum Gasteiger partial charge on any atom is -0.293 e. The van der Waals surface area contributed by atoms with Gasteiger partial charge in [-0.2, -0.15) is 0 Å². The number of halogens is 1. The van der Waals surface area contributed by atoms with Gasteiger partial charge in [0.2, 0.25) is 5.82 Å². The van der Waals surface area contributed by atoms with E-state index in [-0.39, 0.29) is 0 Å². The second kappa shape index (κ2) is 4.02. The number of hydrogen-bond acceptors (Lipinski definition) is 3. The number of carbonyl (C=O) groups excluding carboxylic acids is 1. The smallest absolute Gasteiger partial charge is 0.245 e. The molecule has 1 aromatic heterocycles. The summed E-state index contributed by atoms with van der Waals surface area (Å²) in [6.45, 7) is 1.47. The van der Waals surface area contributed by atoms with Crippen LogP contribution in [0.1, 0.15) is 12.8 Å². The minimum atomic E-state index is 0.294. The molecule has 5 heteroatoms. The first-order chi connectivity index (χ1) is 6.75. The van der Waals surface area contributed by atoms with E-state index >= 15 is 0 Å². The number of carbonyl (C=O) groups is 1. The van der Waals surface area contributed by atoms with Gasteiger partial charge >= 0.3 is 0 Å². The van der Waals surface area contributed by atoms with Gasteiger partial charge in [-0.25, -0.2) is 0 Å². The summed E-state index contributed by atoms with van der Waals surface area (Å²) >= 11 is 5.63. The van der Waals surface area contributed by atoms with E-state index in [1.54, 1.807) is 6.07 Å². The van der Waals surface area contributed by atoms with Crippen molar-refractivity contribution in [2.24, 2.45) is 0 Å². The molecule has 0 spiro atoms. The summed E-state index contributed by atoms with van der Waals surface area (Å²) in [7, 11) is 0. The molecule has 0 saturated carbocycles. The van der Waals surface area contributed by atoms with Crippen LogP contribution >= 0.6 is 11.6 Å². The maximum atomic E-state index is 11.2. The Morgan fingerprint density at radius 3 is 2.86 bits per heavy atom. The normalized spacial score (nSPS) is 22.4. The lowest BCUT2D eigenvalue weighted by molar-refractivity contribution is -0.829. The number of ketones is 1. The van der Waals surface area contributed by atoms with Gasteiger partial charge in [-0.05, 0) is 6.07 Å². The van der Waals surface area contributed by atoms with Crippen LogP contribution in [0.15, 0.2) is 12.1 Å². The lowest BCUT2D eigenvalue weighted by Crippen LogP contribution is -3.09. The predicted octanol–water partition coefficient (Wildman–Crippen LogP) is 0.00930. The molecular weight excluding hydrogens is 202 g/mol. The average Bonchev–Trinajstić information content (AvgIpc) is 2.19. The van der Waals surface area contributed by atoms with E-state index in [2.05, 4.69) is 10.2 Å². The number of nitrogens with zero attached hydrogens (tertiary/aromatic N) is 2. The molecule has 4 nitrogen and oxygen atoms in total. The SMILES string of the molecule is O=C1CCC[NH+](c2ccc(Cl)nn2)C1. The molecule has 1 N–H and O–H groups in total. The highest BCUT2D eigenvalue weighted by Crippen LogP contribution is 2.03. The number of Topliss-reactive ketones (excluding diaryl/α,β-unsaturated/α-hetero) is 1. The van der Waals surface area contributed by atoms with Crippen LogP contribution in [0.5, 0.6) is 0 Å². The fourth-order valence-electron chi connectivity index (χ4n) is 1.64. The second-order valence-electron chi connectivity index (χ2n) is 3.41. The number of aromatic nitrogens is 2. The van der Waals surface area contributed by atoms with Crippen molar-refractivity contribution in [1.82, 2.24) is 10.2 Å². The number of piperidine rings is 1. The van der Waals surface area contributed by atoms with Gasteiger partial charge in [-0.15, -0.1) is 5.10 Å². The van der Waals surface area contributed by atoms with Crippen molar-refractivity contribution >= 4 is 23.2 Å². The third kappa shape index (κ3) is 2.08. The predicted molar refractivity (Wildman–Crippen MR) is 51.6 cm³/mol. The quantitative estimate of drug-likeness (QED) is 0.714. The molecule has 0 aromatic carbocycles. The van der Waals surface area contributed by atoms with E-state index in [4.69, 9.17) is 11.6 Å². The zero-order valence-corrected chi connectivity index (χ0v) is 8.42. The van der Waals surface area contributed by atoms with Crippen LogP contribution in [-0.4, -0.2) is 29.1 Å². The second-order valence-corrected chi connectivity index (χ2v) is 3.80. The molecule has 1 saturated heterocycles. The Kier molecular flexibility index (Phi) is 2.74. The van der Waals surface area contributed by atoms with Crippen molar-refractivity contribution in [3.05, 3.63) is 17.3 Å². The largest absolute Gasteiger partial charge is 0.293 e. The number of quaternary nitrogens is 1. The molecule has 0 amide bonds. The minimum absolute atomic E-state index is 0.294. The van der Waals surface area contributed by atoms with Gasteiger partial charge in [0.25, 0.3) is 0 Å². The van der Waals surface area contributed by atoms with E-state index in [1.165, 1.54) is 0 Å². The summed E-state index contributed by atoms with van der Waals surface area (Å²) in [6.07, 6.45) is 1.63. The Bertz CT molecular complexity index is 338. The number of hydrogen-bond donors (Lipinski definition) is 1. The molecule has 1 unspecified atom stereocenters. The fourth-order valence-corrected chi connectivity index (χ4v) is 1.74. The fraction of sp³-hybridized carbons (Fsp3) is 0.444. The number of rotatable bonds is 1. The summed E-state index contributed by atoms with van der Waals surface area (Å²) in [5, 5.41) is 8.11. The van der Waals surface area contributed by atoms with E-state index < -0.39 is 0 Å². The highest BCUT2D eigenvalue weighted by Gasteiger charge is 2.23. The maximum absolute atomic E-state index is 11.2. The van der Waals surface area contributed by atoms with Crippen molar-refractivity contribution in [1.29, 1.82) is 0 Å². The van der Waals surface area contributed by atoms with Gasteiger partial charge in [0, 0.05) is 18.9 Å². The van der Waals surface area contributed by atoms with Gasteiger partial charge in [0.1, 0.15) is 6.54 Å². The van der Waals surface area contributed by atoms with Gasteiger partial charge in [-0.1, -0.05) is 16.7 Å². The maximum Gasteiger partial charge on any atom is 0.245 e. The molecule has 0 radical (unpaired) electrons. The molecule has 0 aliphatic carbocycles. The first kappa shape index (κ1) is 9.55. The van der Waals surface area contributed by atoms with E-state index in [0.29, 0.717) is 23.9 Å². The van der Waals surface area contributed by atoms with E-state index in [0.717, 1.165) is 23.7 Å². The first-order valence-corrected chi connectivity index (χ1v) is 4.99. The lowest BCUT2D eigenvalue weighted by atomic mass is 10.1. The van der Waals surface area contributed by atoms with Crippen LogP contribution in [0, 0.1) is 0 Å². The van der Waals surface area contributed by atoms with Crippen molar-refractivity contribution in [3.8, 4) is 0 Å². The van der Waals surface area contributed by atoms with Crippen molar-refractivity contribution in [2.45, 2.75) is 12.8 Å². The van der Waals surface area contributed by atoms with Crippen LogP contribution in [0.3, 0.4) is 0 Å². The summed E-state index contributed by atoms with van der Waals surface area (Å²) in [5.74, 6) is 1.10. The van der Waals surface area contributed by atoms with Gasteiger partial charge in [0.15, 0.2) is 10.9 Å². The van der Waals surface area contributed by atoms with Gasteiger partial charge in [-0.3, -0.25) is 9.69 Å². The number of nitrogens with one attached hydrogen (secondary N) is 1. The van der Waals surface area contributed by atoms with Crippen molar-refractivity contribution in [3.63, 3.8) is 0 Å². The van der Waals surface area contributed by atoms with Crippen LogP contribution in [-0.2, 0) is 4.79 Å². The molecule has 1 aliphatic heterocycles. The summed E-state index contributed by atoms with van der Waals surface area (Å²) < 4.78 is 0. The van der Waals surface area contributed by atoms with E-state index in [9.17, 15) is 4.79 Å². The molecule has 1 atom stereocenters. The Hall–Kier alpha value is -1.00. The van der Waals surface area contributed by atoms with E-state index in [1.807, 2.05) is 6.07 Å². The topological polar surface area (TPSA) is 47.3 Å². The molecule has 74 valence electrons. The molecule has 2 rings (SSSR count). The summed E-state index contributed by atoms with van der Waals surface area (Å²) in [5.41, 5.74) is 0. The summed E-state index contributed by atoms with van der Waals surface area (Å²) in [4.78, 5) is 12.3. The van der Waals surface area contributed by atoms with Crippen LogP contribution < -0.4 is 4.90 Å². The zero-order valence-electron chi connectivity index (χ0n) is 7.66. The highest BCUT2D eigenvalue weighted by molar-refractivity contribution is 6.29. The molecule has 1 fully saturated rings. The molecule has 14 heavy (non-hydrogen) atoms. The standard InChI is InChI=1S/C9H10ClN3O/c10-8-3-4-9(12-11-8)13-5-1-2-7(14)6-13/h3-4H,1-2,5-6H2/p+1. The van der Waals surface area contributed by atoms with Crippen LogP contribution in [0.25, 0.3) is 0 Å². The highest BCUT2D eigenvalue weighted by atomic mass is 35.5. The molecular formula is C9H11ClN3O+. The molecule has 1 aromatic rings. The van der Waals surface area contributed by atoms with Crippen molar-refractivity contribution in [2.75, 3.05) is 13.1 Å². The molecule has 2 heterocycles. The zero-order chi connectivity index (χ0) is 9.97. The molecule has 1 aliphatic rings. The Morgan fingerprint density at radius 1 is 1.36 bits per heavy atom. The van der Waals surface area contributed by atoms with Crippen LogP contribution in [0.4, 0.5) is 5.82 Å². The average molecular weight is 213 g/mol. The van der Waals surface area contributed by atoms with Crippen molar-refractivity contribution < 1.29 is 9.69 Å². The summed E-state index contributed by atoms with van der Waals surface area (Å²) in [6, 6.07) is 3.53. The third-order valence-corrected chi connectivity index (χ3v) is 2.54.